The molecule has 0 saturated heterocycles. The Hall–Kier alpha value is -5.72. The van der Waals surface area contributed by atoms with Gasteiger partial charge < -0.3 is 0 Å². The van der Waals surface area contributed by atoms with Gasteiger partial charge in [-0.2, -0.15) is 0 Å². The zero-order valence-electron chi connectivity index (χ0n) is 24.2. The Morgan fingerprint density at radius 3 is 1.34 bits per heavy atom. The molecule has 0 saturated carbocycles. The molecule has 0 heteroatoms. The molecule has 0 atom stereocenters. The van der Waals surface area contributed by atoms with E-state index in [0.29, 0.717) is 0 Å². The van der Waals surface area contributed by atoms with Crippen molar-refractivity contribution in [3.63, 3.8) is 0 Å². The highest BCUT2D eigenvalue weighted by atomic mass is 14.2. The molecule has 0 fully saturated rings. The van der Waals surface area contributed by atoms with Crippen molar-refractivity contribution in [2.24, 2.45) is 0 Å². The van der Waals surface area contributed by atoms with E-state index >= 15 is 0 Å². The van der Waals surface area contributed by atoms with Gasteiger partial charge in [-0.25, -0.2) is 0 Å². The van der Waals surface area contributed by atoms with Crippen LogP contribution >= 0.6 is 0 Å². The third-order valence-electron chi connectivity index (χ3n) is 9.18. The molecule has 9 aromatic rings. The van der Waals surface area contributed by atoms with Crippen LogP contribution in [0.1, 0.15) is 0 Å². The molecule has 0 aliphatic carbocycles. The first-order valence-electron chi connectivity index (χ1n) is 15.3. The topological polar surface area (TPSA) is 0 Å². The van der Waals surface area contributed by atoms with Gasteiger partial charge >= 0.3 is 0 Å². The van der Waals surface area contributed by atoms with Crippen LogP contribution in [0.25, 0.3) is 87.2 Å². The lowest BCUT2D eigenvalue weighted by Gasteiger charge is -2.19. The highest BCUT2D eigenvalue weighted by molar-refractivity contribution is 6.22. The largest absolute Gasteiger partial charge is 0.0622 e. The summed E-state index contributed by atoms with van der Waals surface area (Å²) in [5.41, 5.74) is 7.52. The third kappa shape index (κ3) is 3.92. The van der Waals surface area contributed by atoms with Gasteiger partial charge in [0.05, 0.1) is 0 Å². The van der Waals surface area contributed by atoms with Crippen LogP contribution < -0.4 is 0 Å². The van der Waals surface area contributed by atoms with Gasteiger partial charge in [0, 0.05) is 0 Å². The first kappa shape index (κ1) is 24.8. The van der Waals surface area contributed by atoms with Crippen molar-refractivity contribution in [3.8, 4) is 33.4 Å². The number of rotatable bonds is 3. The Morgan fingerprint density at radius 1 is 0.205 bits per heavy atom. The van der Waals surface area contributed by atoms with Crippen LogP contribution in [0.4, 0.5) is 0 Å². The molecule has 204 valence electrons. The highest BCUT2D eigenvalue weighted by Crippen LogP contribution is 2.45. The van der Waals surface area contributed by atoms with Crippen LogP contribution in [0.3, 0.4) is 0 Å². The van der Waals surface area contributed by atoms with Crippen molar-refractivity contribution in [1.82, 2.24) is 0 Å². The maximum atomic E-state index is 2.41. The average Bonchev–Trinajstić information content (AvgIpc) is 3.10. The summed E-state index contributed by atoms with van der Waals surface area (Å²) in [7, 11) is 0. The van der Waals surface area contributed by atoms with Crippen molar-refractivity contribution in [2.75, 3.05) is 0 Å². The molecule has 0 heterocycles. The molecule has 0 aromatic heterocycles. The summed E-state index contributed by atoms with van der Waals surface area (Å²) in [5.74, 6) is 0. The SMILES string of the molecule is c1ccc(-c2c3ccccc3c(-c3ccccc3)c3cc(-c4ccc5c(ccc6cc7ccccc7cc65)c4)ccc23)cc1. The summed E-state index contributed by atoms with van der Waals surface area (Å²) in [6.45, 7) is 0. The zero-order chi connectivity index (χ0) is 29.0. The lowest BCUT2D eigenvalue weighted by molar-refractivity contribution is 1.64. The standard InChI is InChI=1S/C44H28/c1-3-11-29(12-4-1)43-38-17-9-10-18-39(38)44(30-13-5-2-6-14-30)42-28-34(22-24-40(42)43)33-21-23-37-35(26-33)19-20-36-25-31-15-7-8-16-32(31)27-41(36)37/h1-28H. The van der Waals surface area contributed by atoms with Crippen LogP contribution in [0, 0.1) is 0 Å². The van der Waals surface area contributed by atoms with E-state index in [0.717, 1.165) is 0 Å². The van der Waals surface area contributed by atoms with E-state index in [1.165, 1.54) is 87.2 Å². The monoisotopic (exact) mass is 556 g/mol. The molecule has 0 amide bonds. The predicted molar refractivity (Wildman–Crippen MR) is 190 cm³/mol. The van der Waals surface area contributed by atoms with Crippen LogP contribution in [-0.4, -0.2) is 0 Å². The maximum absolute atomic E-state index is 2.41. The van der Waals surface area contributed by atoms with Crippen LogP contribution in [0.2, 0.25) is 0 Å². The van der Waals surface area contributed by atoms with Crippen molar-refractivity contribution in [2.45, 2.75) is 0 Å². The Kier molecular flexibility index (Phi) is 5.61. The molecule has 0 bridgehead atoms. The molecule has 0 N–H and O–H groups in total. The molecule has 0 spiro atoms. The van der Waals surface area contributed by atoms with E-state index in [1.807, 2.05) is 0 Å². The Bertz CT molecular complexity index is 2520. The second-order valence-electron chi connectivity index (χ2n) is 11.7. The third-order valence-corrected chi connectivity index (χ3v) is 9.18. The van der Waals surface area contributed by atoms with Gasteiger partial charge in [-0.05, 0) is 112 Å². The molecular formula is C44H28. The van der Waals surface area contributed by atoms with Crippen molar-refractivity contribution in [1.29, 1.82) is 0 Å². The fourth-order valence-corrected chi connectivity index (χ4v) is 7.12. The molecular weight excluding hydrogens is 528 g/mol. The Morgan fingerprint density at radius 2 is 0.682 bits per heavy atom. The summed E-state index contributed by atoms with van der Waals surface area (Å²) in [6.07, 6.45) is 0. The predicted octanol–water partition coefficient (Wildman–Crippen LogP) is 12.5. The number of hydrogen-bond donors (Lipinski definition) is 0. The maximum Gasteiger partial charge on any atom is -0.00262 e. The molecule has 0 unspecified atom stereocenters. The van der Waals surface area contributed by atoms with Gasteiger partial charge in [0.2, 0.25) is 0 Å². The van der Waals surface area contributed by atoms with Crippen LogP contribution in [-0.2, 0) is 0 Å². The quantitative estimate of drug-likeness (QED) is 0.150. The summed E-state index contributed by atoms with van der Waals surface area (Å²) in [6, 6.07) is 62.3. The summed E-state index contributed by atoms with van der Waals surface area (Å²) in [5, 5.41) is 12.8. The Balaban J connectivity index is 1.31. The minimum absolute atomic E-state index is 1.23. The summed E-state index contributed by atoms with van der Waals surface area (Å²) >= 11 is 0. The smallest absolute Gasteiger partial charge is 0.00262 e. The fraction of sp³-hybridized carbons (Fsp3) is 0. The lowest BCUT2D eigenvalue weighted by Crippen LogP contribution is -1.91. The number of benzene rings is 9. The van der Waals surface area contributed by atoms with Gasteiger partial charge in [0.15, 0.2) is 0 Å². The van der Waals surface area contributed by atoms with Gasteiger partial charge in [0.25, 0.3) is 0 Å². The van der Waals surface area contributed by atoms with E-state index in [-0.39, 0.29) is 0 Å². The number of fused-ring (bicyclic) bond motifs is 6. The van der Waals surface area contributed by atoms with Crippen molar-refractivity contribution in [3.05, 3.63) is 170 Å². The zero-order valence-corrected chi connectivity index (χ0v) is 24.2. The van der Waals surface area contributed by atoms with E-state index in [1.54, 1.807) is 0 Å². The minimum Gasteiger partial charge on any atom is -0.0622 e. The summed E-state index contributed by atoms with van der Waals surface area (Å²) in [4.78, 5) is 0. The van der Waals surface area contributed by atoms with Gasteiger partial charge in [-0.3, -0.25) is 0 Å². The highest BCUT2D eigenvalue weighted by Gasteiger charge is 2.17. The molecule has 9 aromatic carbocycles. The van der Waals surface area contributed by atoms with Crippen molar-refractivity contribution >= 4 is 53.9 Å². The normalized spacial score (nSPS) is 11.6. The molecule has 44 heavy (non-hydrogen) atoms. The fourth-order valence-electron chi connectivity index (χ4n) is 7.12. The molecule has 0 nitrogen and oxygen atoms in total. The minimum atomic E-state index is 1.23. The second-order valence-corrected chi connectivity index (χ2v) is 11.7. The van der Waals surface area contributed by atoms with Crippen LogP contribution in [0.5, 0.6) is 0 Å². The average molecular weight is 557 g/mol. The van der Waals surface area contributed by atoms with Crippen molar-refractivity contribution < 1.29 is 0 Å². The van der Waals surface area contributed by atoms with Gasteiger partial charge in [-0.15, -0.1) is 0 Å². The first-order valence-corrected chi connectivity index (χ1v) is 15.3. The molecule has 9 rings (SSSR count). The molecule has 0 aliphatic rings. The Labute approximate surface area is 256 Å². The van der Waals surface area contributed by atoms with Crippen LogP contribution in [0.15, 0.2) is 170 Å². The summed E-state index contributed by atoms with van der Waals surface area (Å²) < 4.78 is 0. The van der Waals surface area contributed by atoms with E-state index in [2.05, 4.69) is 170 Å². The van der Waals surface area contributed by atoms with E-state index in [4.69, 9.17) is 0 Å². The van der Waals surface area contributed by atoms with E-state index < -0.39 is 0 Å². The first-order chi connectivity index (χ1) is 21.8. The van der Waals surface area contributed by atoms with E-state index in [9.17, 15) is 0 Å². The lowest BCUT2D eigenvalue weighted by atomic mass is 9.85. The number of hydrogen-bond acceptors (Lipinski definition) is 0. The van der Waals surface area contributed by atoms with Gasteiger partial charge in [0.1, 0.15) is 0 Å². The van der Waals surface area contributed by atoms with Gasteiger partial charge in [-0.1, -0.05) is 146 Å². The molecule has 0 radical (unpaired) electrons. The molecule has 0 aliphatic heterocycles. The second kappa shape index (κ2) is 9.93.